The Balaban J connectivity index is 2.10. The molecule has 0 bridgehead atoms. The highest BCUT2D eigenvalue weighted by Gasteiger charge is 2.31. The molecule has 1 N–H and O–H groups in total. The quantitative estimate of drug-likeness (QED) is 0.0402. The third-order valence-corrected chi connectivity index (χ3v) is 9.66. The van der Waals surface area contributed by atoms with Crippen LogP contribution >= 0.6 is 0 Å². The number of rotatable bonds is 36. The summed E-state index contributed by atoms with van der Waals surface area (Å²) < 4.78 is 5.53. The second-order valence-electron chi connectivity index (χ2n) is 14.2. The number of ether oxygens (including phenoxy) is 1. The lowest BCUT2D eigenvalue weighted by molar-refractivity contribution is -0.144. The van der Waals surface area contributed by atoms with Gasteiger partial charge in [-0.25, -0.2) is 0 Å². The molecule has 0 radical (unpaired) electrons. The van der Waals surface area contributed by atoms with Crippen LogP contribution in [0.15, 0.2) is 36.7 Å². The number of Topliss-reactive ketones (excluding diaryl/α,β-unsaturated/α-hetero) is 1. The molecule has 6 heteroatoms. The SMILES string of the molecule is CCCCCCCCC=CCCCCCCCC(=O)OCCN1C=CN(CCO)C1C(=O)CCCCCCCC=CCCCCCCCC. The molecular formula is C43H78N2O4. The molecule has 0 fully saturated rings. The Morgan fingerprint density at radius 3 is 1.39 bits per heavy atom. The van der Waals surface area contributed by atoms with E-state index in [1.807, 2.05) is 22.2 Å². The fraction of sp³-hybridized carbons (Fsp3) is 0.814. The zero-order valence-electron chi connectivity index (χ0n) is 32.2. The maximum atomic E-state index is 13.2. The number of unbranched alkanes of at least 4 members (excludes halogenated alkanes) is 22. The summed E-state index contributed by atoms with van der Waals surface area (Å²) in [7, 11) is 0. The minimum Gasteiger partial charge on any atom is -0.464 e. The molecule has 49 heavy (non-hydrogen) atoms. The van der Waals surface area contributed by atoms with Crippen LogP contribution in [-0.2, 0) is 14.3 Å². The Morgan fingerprint density at radius 2 is 0.939 bits per heavy atom. The molecule has 0 amide bonds. The molecule has 1 aliphatic heterocycles. The van der Waals surface area contributed by atoms with E-state index >= 15 is 0 Å². The van der Waals surface area contributed by atoms with E-state index in [1.165, 1.54) is 122 Å². The van der Waals surface area contributed by atoms with E-state index in [4.69, 9.17) is 4.74 Å². The summed E-state index contributed by atoms with van der Waals surface area (Å²) in [6.45, 7) is 5.71. The molecule has 0 saturated carbocycles. The van der Waals surface area contributed by atoms with Crippen LogP contribution in [-0.4, -0.2) is 59.1 Å². The van der Waals surface area contributed by atoms with Crippen molar-refractivity contribution >= 4 is 11.8 Å². The van der Waals surface area contributed by atoms with Gasteiger partial charge in [0.1, 0.15) is 6.61 Å². The molecule has 1 unspecified atom stereocenters. The van der Waals surface area contributed by atoms with Crippen molar-refractivity contribution in [1.82, 2.24) is 9.80 Å². The minimum atomic E-state index is -0.409. The first-order valence-corrected chi connectivity index (χ1v) is 20.9. The van der Waals surface area contributed by atoms with Crippen molar-refractivity contribution in [1.29, 1.82) is 0 Å². The molecule has 0 aromatic rings. The second-order valence-corrected chi connectivity index (χ2v) is 14.2. The van der Waals surface area contributed by atoms with Gasteiger partial charge in [-0.15, -0.1) is 0 Å². The maximum absolute atomic E-state index is 13.2. The van der Waals surface area contributed by atoms with E-state index in [0.29, 0.717) is 25.9 Å². The number of carbonyl (C=O) groups excluding carboxylic acids is 2. The first-order valence-electron chi connectivity index (χ1n) is 20.9. The van der Waals surface area contributed by atoms with Gasteiger partial charge in [0.15, 0.2) is 11.9 Å². The minimum absolute atomic E-state index is 0.000303. The summed E-state index contributed by atoms with van der Waals surface area (Å²) >= 11 is 0. The topological polar surface area (TPSA) is 70.1 Å². The average molecular weight is 687 g/mol. The Morgan fingerprint density at radius 1 is 0.551 bits per heavy atom. The lowest BCUT2D eigenvalue weighted by Gasteiger charge is -2.31. The standard InChI is InChI=1S/C43H78N2O4/c1-3-5-7-9-11-13-15-17-19-21-23-25-27-29-31-33-41(47)43-44(37-39-46)35-36-45(43)38-40-49-42(48)34-32-30-28-26-24-22-20-18-16-14-12-10-8-6-4-2/h17-20,35-36,43,46H,3-16,21-34,37-40H2,1-2H3. The van der Waals surface area contributed by atoms with Gasteiger partial charge in [0.2, 0.25) is 0 Å². The van der Waals surface area contributed by atoms with Gasteiger partial charge in [-0.2, -0.15) is 0 Å². The third kappa shape index (κ3) is 26.4. The van der Waals surface area contributed by atoms with Gasteiger partial charge in [-0.1, -0.05) is 141 Å². The van der Waals surface area contributed by atoms with Crippen LogP contribution in [0.5, 0.6) is 0 Å². The predicted octanol–water partition coefficient (Wildman–Crippen LogP) is 11.6. The summed E-state index contributed by atoms with van der Waals surface area (Å²) in [5, 5.41) is 9.53. The third-order valence-electron chi connectivity index (χ3n) is 9.66. The number of hydrogen-bond donors (Lipinski definition) is 1. The highest BCUT2D eigenvalue weighted by atomic mass is 16.5. The zero-order chi connectivity index (χ0) is 35.5. The normalized spacial score (nSPS) is 14.6. The van der Waals surface area contributed by atoms with Crippen LogP contribution < -0.4 is 0 Å². The summed E-state index contributed by atoms with van der Waals surface area (Å²) in [4.78, 5) is 29.4. The predicted molar refractivity (Wildman–Crippen MR) is 208 cm³/mol. The highest BCUT2D eigenvalue weighted by molar-refractivity contribution is 5.84. The summed E-state index contributed by atoms with van der Waals surface area (Å²) in [6, 6.07) is 0. The van der Waals surface area contributed by atoms with Crippen molar-refractivity contribution in [2.24, 2.45) is 0 Å². The van der Waals surface area contributed by atoms with Gasteiger partial charge in [0.25, 0.3) is 0 Å². The van der Waals surface area contributed by atoms with Gasteiger partial charge < -0.3 is 19.6 Å². The molecule has 0 aromatic heterocycles. The number of nitrogens with zero attached hydrogens (tertiary/aromatic N) is 2. The molecule has 6 nitrogen and oxygen atoms in total. The van der Waals surface area contributed by atoms with Gasteiger partial charge in [-0.05, 0) is 64.2 Å². The first-order chi connectivity index (χ1) is 24.1. The highest BCUT2D eigenvalue weighted by Crippen LogP contribution is 2.20. The van der Waals surface area contributed by atoms with Crippen molar-refractivity contribution < 1.29 is 19.4 Å². The van der Waals surface area contributed by atoms with E-state index in [9.17, 15) is 14.7 Å². The fourth-order valence-corrected chi connectivity index (χ4v) is 6.58. The van der Waals surface area contributed by atoms with Crippen LogP contribution in [0.4, 0.5) is 0 Å². The number of esters is 1. The Kier molecular flexibility index (Phi) is 31.5. The number of β-amino-alcohol motifs (C(OH)–C–C–N with tert-alkyl or cyclic N) is 1. The van der Waals surface area contributed by atoms with Gasteiger partial charge in [0.05, 0.1) is 13.2 Å². The summed E-state index contributed by atoms with van der Waals surface area (Å²) in [5.41, 5.74) is 0. The van der Waals surface area contributed by atoms with Gasteiger partial charge in [-0.3, -0.25) is 9.59 Å². The van der Waals surface area contributed by atoms with E-state index in [1.54, 1.807) is 0 Å². The lowest BCUT2D eigenvalue weighted by atomic mass is 10.1. The largest absolute Gasteiger partial charge is 0.464 e. The second kappa shape index (κ2) is 34.4. The van der Waals surface area contributed by atoms with Crippen molar-refractivity contribution in [2.75, 3.05) is 26.3 Å². The molecule has 0 aromatic carbocycles. The Labute approximate surface area is 303 Å². The fourth-order valence-electron chi connectivity index (χ4n) is 6.58. The van der Waals surface area contributed by atoms with Crippen molar-refractivity contribution in [3.8, 4) is 0 Å². The molecule has 1 heterocycles. The van der Waals surface area contributed by atoms with E-state index in [0.717, 1.165) is 44.9 Å². The van der Waals surface area contributed by atoms with Crippen LogP contribution in [0.3, 0.4) is 0 Å². The van der Waals surface area contributed by atoms with Crippen LogP contribution in [0.1, 0.15) is 194 Å². The van der Waals surface area contributed by atoms with Crippen LogP contribution in [0.2, 0.25) is 0 Å². The summed E-state index contributed by atoms with van der Waals surface area (Å²) in [5.74, 6) is 0.0277. The monoisotopic (exact) mass is 687 g/mol. The number of ketones is 1. The number of allylic oxidation sites excluding steroid dienone is 4. The first kappa shape index (κ1) is 44.9. The van der Waals surface area contributed by atoms with Crippen LogP contribution in [0.25, 0.3) is 0 Å². The molecular weight excluding hydrogens is 608 g/mol. The number of aliphatic hydroxyl groups excluding tert-OH is 1. The smallest absolute Gasteiger partial charge is 0.305 e. The van der Waals surface area contributed by atoms with Crippen molar-refractivity contribution in [2.45, 2.75) is 200 Å². The average Bonchev–Trinajstić information content (AvgIpc) is 3.50. The maximum Gasteiger partial charge on any atom is 0.305 e. The van der Waals surface area contributed by atoms with Gasteiger partial charge >= 0.3 is 5.97 Å². The van der Waals surface area contributed by atoms with Crippen molar-refractivity contribution in [3.05, 3.63) is 36.7 Å². The van der Waals surface area contributed by atoms with Crippen LogP contribution in [0, 0.1) is 0 Å². The zero-order valence-corrected chi connectivity index (χ0v) is 32.2. The molecule has 1 atom stereocenters. The Hall–Kier alpha value is -2.08. The number of aliphatic hydroxyl groups is 1. The lowest BCUT2D eigenvalue weighted by Crippen LogP contribution is -2.46. The summed E-state index contributed by atoms with van der Waals surface area (Å²) in [6.07, 6.45) is 46.0. The number of hydrogen-bond acceptors (Lipinski definition) is 6. The van der Waals surface area contributed by atoms with Gasteiger partial charge in [0, 0.05) is 31.8 Å². The Bertz CT molecular complexity index is 855. The molecule has 284 valence electrons. The number of carbonyl (C=O) groups is 2. The van der Waals surface area contributed by atoms with Crippen molar-refractivity contribution in [3.63, 3.8) is 0 Å². The van der Waals surface area contributed by atoms with E-state index < -0.39 is 6.17 Å². The molecule has 0 spiro atoms. The van der Waals surface area contributed by atoms with E-state index in [-0.39, 0.29) is 25.0 Å². The molecule has 0 saturated heterocycles. The van der Waals surface area contributed by atoms with E-state index in [2.05, 4.69) is 38.2 Å². The molecule has 1 aliphatic rings. The molecule has 1 rings (SSSR count). The molecule has 0 aliphatic carbocycles.